The molecule has 2 unspecified atom stereocenters. The molecule has 0 aromatic heterocycles. The zero-order valence-electron chi connectivity index (χ0n) is 11.8. The Balaban J connectivity index is 1.49. The molecule has 0 amide bonds. The standard InChI is InChI=1S/C16H26O3/c1-3-13-18-15(7-1)9-5-11-17-12-6-10-16-8-2-4-14-19-16/h5-6,9-10,15-16H,1-4,7-8,11-14H2. The van der Waals surface area contributed by atoms with E-state index in [1.165, 1.54) is 25.7 Å². The Kier molecular flexibility index (Phi) is 7.22. The van der Waals surface area contributed by atoms with E-state index in [-0.39, 0.29) is 0 Å². The van der Waals surface area contributed by atoms with Crippen LogP contribution in [0.15, 0.2) is 24.3 Å². The molecule has 19 heavy (non-hydrogen) atoms. The van der Waals surface area contributed by atoms with Crippen molar-refractivity contribution in [3.8, 4) is 0 Å². The van der Waals surface area contributed by atoms with Gasteiger partial charge in [0.2, 0.25) is 0 Å². The molecule has 2 atom stereocenters. The second-order valence-corrected chi connectivity index (χ2v) is 5.20. The lowest BCUT2D eigenvalue weighted by molar-refractivity contribution is 0.0456. The number of hydrogen-bond donors (Lipinski definition) is 0. The van der Waals surface area contributed by atoms with E-state index >= 15 is 0 Å². The van der Waals surface area contributed by atoms with Gasteiger partial charge in [-0.15, -0.1) is 0 Å². The van der Waals surface area contributed by atoms with Crippen molar-refractivity contribution in [2.75, 3.05) is 26.4 Å². The molecule has 108 valence electrons. The van der Waals surface area contributed by atoms with Gasteiger partial charge >= 0.3 is 0 Å². The zero-order valence-corrected chi connectivity index (χ0v) is 11.8. The molecule has 2 heterocycles. The van der Waals surface area contributed by atoms with Crippen LogP contribution < -0.4 is 0 Å². The first kappa shape index (κ1) is 14.8. The summed E-state index contributed by atoms with van der Waals surface area (Å²) in [5.41, 5.74) is 0. The van der Waals surface area contributed by atoms with Crippen molar-refractivity contribution in [3.05, 3.63) is 24.3 Å². The second-order valence-electron chi connectivity index (χ2n) is 5.20. The van der Waals surface area contributed by atoms with E-state index in [1.807, 2.05) is 0 Å². The Labute approximate surface area is 116 Å². The maximum Gasteiger partial charge on any atom is 0.0756 e. The molecule has 2 aliphatic heterocycles. The van der Waals surface area contributed by atoms with E-state index < -0.39 is 0 Å². The molecular weight excluding hydrogens is 240 g/mol. The average Bonchev–Trinajstić information content (AvgIpc) is 2.48. The van der Waals surface area contributed by atoms with E-state index in [4.69, 9.17) is 14.2 Å². The van der Waals surface area contributed by atoms with Crippen molar-refractivity contribution in [1.29, 1.82) is 0 Å². The largest absolute Gasteiger partial charge is 0.374 e. The molecule has 0 aliphatic carbocycles. The minimum Gasteiger partial charge on any atom is -0.374 e. The highest BCUT2D eigenvalue weighted by atomic mass is 16.5. The molecule has 0 aromatic carbocycles. The van der Waals surface area contributed by atoms with Crippen molar-refractivity contribution in [1.82, 2.24) is 0 Å². The number of rotatable bonds is 6. The van der Waals surface area contributed by atoms with Gasteiger partial charge in [0, 0.05) is 13.2 Å². The van der Waals surface area contributed by atoms with Crippen LogP contribution in [0.5, 0.6) is 0 Å². The Morgan fingerprint density at radius 1 is 0.789 bits per heavy atom. The minimum atomic E-state index is 0.309. The van der Waals surface area contributed by atoms with Crippen LogP contribution in [0.4, 0.5) is 0 Å². The molecule has 2 saturated heterocycles. The predicted molar refractivity (Wildman–Crippen MR) is 76.3 cm³/mol. The molecule has 0 aromatic rings. The summed E-state index contributed by atoms with van der Waals surface area (Å²) in [6.45, 7) is 3.13. The summed E-state index contributed by atoms with van der Waals surface area (Å²) < 4.78 is 16.8. The van der Waals surface area contributed by atoms with Crippen molar-refractivity contribution in [2.45, 2.75) is 50.7 Å². The number of ether oxygens (including phenoxy) is 3. The molecule has 0 saturated carbocycles. The minimum absolute atomic E-state index is 0.309. The highest BCUT2D eigenvalue weighted by Gasteiger charge is 2.10. The zero-order chi connectivity index (χ0) is 13.2. The second kappa shape index (κ2) is 9.29. The first-order valence-electron chi connectivity index (χ1n) is 7.59. The topological polar surface area (TPSA) is 27.7 Å². The van der Waals surface area contributed by atoms with Gasteiger partial charge in [0.25, 0.3) is 0 Å². The molecule has 2 fully saturated rings. The average molecular weight is 266 g/mol. The van der Waals surface area contributed by atoms with Gasteiger partial charge in [0.1, 0.15) is 0 Å². The van der Waals surface area contributed by atoms with E-state index in [0.717, 1.165) is 26.1 Å². The van der Waals surface area contributed by atoms with E-state index in [2.05, 4.69) is 24.3 Å². The normalized spacial score (nSPS) is 29.3. The van der Waals surface area contributed by atoms with Crippen molar-refractivity contribution in [3.63, 3.8) is 0 Å². The Morgan fingerprint density at radius 3 is 1.74 bits per heavy atom. The lowest BCUT2D eigenvalue weighted by atomic mass is 10.1. The molecule has 2 aliphatic rings. The Morgan fingerprint density at radius 2 is 1.32 bits per heavy atom. The van der Waals surface area contributed by atoms with Crippen LogP contribution in [-0.2, 0) is 14.2 Å². The molecule has 3 nitrogen and oxygen atoms in total. The molecule has 3 heteroatoms. The summed E-state index contributed by atoms with van der Waals surface area (Å²) in [6.07, 6.45) is 16.3. The third kappa shape index (κ3) is 6.37. The van der Waals surface area contributed by atoms with Crippen molar-refractivity contribution < 1.29 is 14.2 Å². The van der Waals surface area contributed by atoms with Gasteiger partial charge in [-0.2, -0.15) is 0 Å². The van der Waals surface area contributed by atoms with Gasteiger partial charge in [0.15, 0.2) is 0 Å². The maximum atomic E-state index is 5.61. The summed E-state index contributed by atoms with van der Waals surface area (Å²) in [5, 5.41) is 0. The quantitative estimate of drug-likeness (QED) is 0.545. The molecule has 0 N–H and O–H groups in total. The maximum absolute atomic E-state index is 5.61. The first-order chi connectivity index (χ1) is 9.45. The fourth-order valence-corrected chi connectivity index (χ4v) is 2.45. The van der Waals surface area contributed by atoms with Gasteiger partial charge in [-0.3, -0.25) is 0 Å². The fraction of sp³-hybridized carbons (Fsp3) is 0.750. The van der Waals surface area contributed by atoms with Gasteiger partial charge in [-0.05, 0) is 38.5 Å². The van der Waals surface area contributed by atoms with Crippen LogP contribution in [0.25, 0.3) is 0 Å². The highest BCUT2D eigenvalue weighted by Crippen LogP contribution is 2.14. The third-order valence-corrected chi connectivity index (χ3v) is 3.56. The van der Waals surface area contributed by atoms with E-state index in [1.54, 1.807) is 0 Å². The van der Waals surface area contributed by atoms with E-state index in [9.17, 15) is 0 Å². The summed E-state index contributed by atoms with van der Waals surface area (Å²) in [4.78, 5) is 0. The SMILES string of the molecule is C(=CC1CCCCO1)COCC=CC1CCCCO1. The number of hydrogen-bond acceptors (Lipinski definition) is 3. The molecule has 0 bridgehead atoms. The lowest BCUT2D eigenvalue weighted by Crippen LogP contribution is -2.16. The van der Waals surface area contributed by atoms with Gasteiger partial charge < -0.3 is 14.2 Å². The van der Waals surface area contributed by atoms with Crippen LogP contribution in [0, 0.1) is 0 Å². The molecule has 0 spiro atoms. The fourth-order valence-electron chi connectivity index (χ4n) is 2.45. The lowest BCUT2D eigenvalue weighted by Gasteiger charge is -2.19. The molecule has 2 rings (SSSR count). The van der Waals surface area contributed by atoms with Crippen LogP contribution >= 0.6 is 0 Å². The van der Waals surface area contributed by atoms with E-state index in [0.29, 0.717) is 25.4 Å². The van der Waals surface area contributed by atoms with Crippen molar-refractivity contribution >= 4 is 0 Å². The summed E-state index contributed by atoms with van der Waals surface area (Å²) in [5.74, 6) is 0. The third-order valence-electron chi connectivity index (χ3n) is 3.56. The molecular formula is C16H26O3. The Bertz CT molecular complexity index is 246. The van der Waals surface area contributed by atoms with Crippen LogP contribution in [-0.4, -0.2) is 38.6 Å². The first-order valence-corrected chi connectivity index (χ1v) is 7.59. The summed E-state index contributed by atoms with van der Waals surface area (Å²) in [6, 6.07) is 0. The van der Waals surface area contributed by atoms with Gasteiger partial charge in [-0.25, -0.2) is 0 Å². The predicted octanol–water partition coefficient (Wildman–Crippen LogP) is 3.25. The van der Waals surface area contributed by atoms with Gasteiger partial charge in [-0.1, -0.05) is 24.3 Å². The summed E-state index contributed by atoms with van der Waals surface area (Å²) >= 11 is 0. The van der Waals surface area contributed by atoms with Gasteiger partial charge in [0.05, 0.1) is 25.4 Å². The monoisotopic (exact) mass is 266 g/mol. The van der Waals surface area contributed by atoms with Crippen LogP contribution in [0.2, 0.25) is 0 Å². The molecule has 0 radical (unpaired) electrons. The van der Waals surface area contributed by atoms with Crippen molar-refractivity contribution in [2.24, 2.45) is 0 Å². The van der Waals surface area contributed by atoms with Crippen LogP contribution in [0.1, 0.15) is 38.5 Å². The van der Waals surface area contributed by atoms with Crippen LogP contribution in [0.3, 0.4) is 0 Å². The highest BCUT2D eigenvalue weighted by molar-refractivity contribution is 4.93. The smallest absolute Gasteiger partial charge is 0.0756 e. The summed E-state index contributed by atoms with van der Waals surface area (Å²) in [7, 11) is 0. The Hall–Kier alpha value is -0.640.